The van der Waals surface area contributed by atoms with Crippen molar-refractivity contribution in [3.05, 3.63) is 41.5 Å². The van der Waals surface area contributed by atoms with Crippen LogP contribution in [0.5, 0.6) is 0 Å². The number of hydrogen-bond donors (Lipinski definition) is 3. The highest BCUT2D eigenvalue weighted by Crippen LogP contribution is 2.31. The van der Waals surface area contributed by atoms with E-state index in [-0.39, 0.29) is 24.7 Å². The zero-order valence-corrected chi connectivity index (χ0v) is 25.4. The zero-order chi connectivity index (χ0) is 30.4. The molecule has 234 valence electrons. The summed E-state index contributed by atoms with van der Waals surface area (Å²) in [5.74, 6) is -1.32. The third-order valence-corrected chi connectivity index (χ3v) is 8.80. The van der Waals surface area contributed by atoms with E-state index in [9.17, 15) is 19.2 Å². The minimum Gasteiger partial charge on any atom is -0.379 e. The third kappa shape index (κ3) is 8.43. The number of ketones is 1. The summed E-state index contributed by atoms with van der Waals surface area (Å²) in [7, 11) is 0. The van der Waals surface area contributed by atoms with Gasteiger partial charge in [0.15, 0.2) is 5.78 Å². The number of nitrogens with zero attached hydrogens (tertiary/aromatic N) is 2. The molecule has 0 spiro atoms. The van der Waals surface area contributed by atoms with Crippen LogP contribution in [0.25, 0.3) is 0 Å². The average Bonchev–Trinajstić information content (AvgIpc) is 3.50. The van der Waals surface area contributed by atoms with E-state index in [1.165, 1.54) is 6.42 Å². The number of allylic oxidation sites excluding steroid dienone is 1. The van der Waals surface area contributed by atoms with Crippen LogP contribution in [-0.4, -0.2) is 105 Å². The fourth-order valence-electron chi connectivity index (χ4n) is 5.76. The minimum atomic E-state index is -0.943. The van der Waals surface area contributed by atoms with Gasteiger partial charge < -0.3 is 30.3 Å². The van der Waals surface area contributed by atoms with Crippen molar-refractivity contribution in [2.24, 2.45) is 0 Å². The number of ether oxygens (including phenoxy) is 2. The van der Waals surface area contributed by atoms with Crippen LogP contribution in [-0.2, 0) is 35.1 Å². The molecule has 11 heteroatoms. The van der Waals surface area contributed by atoms with Crippen molar-refractivity contribution in [2.75, 3.05) is 57.4 Å². The number of nitrogens with one attached hydrogen (secondary N) is 3. The summed E-state index contributed by atoms with van der Waals surface area (Å²) in [6.07, 6.45) is 6.91. The normalized spacial score (nSPS) is 23.8. The van der Waals surface area contributed by atoms with Crippen LogP contribution in [0.4, 0.5) is 5.69 Å². The maximum atomic E-state index is 13.8. The van der Waals surface area contributed by atoms with Crippen molar-refractivity contribution < 1.29 is 28.7 Å². The molecule has 3 aliphatic heterocycles. The van der Waals surface area contributed by atoms with E-state index in [2.05, 4.69) is 26.9 Å². The highest BCUT2D eigenvalue weighted by molar-refractivity contribution is 5.98. The molecule has 0 radical (unpaired) electrons. The Balaban J connectivity index is 1.26. The van der Waals surface area contributed by atoms with E-state index in [1.807, 2.05) is 29.2 Å². The molecule has 3 amide bonds. The van der Waals surface area contributed by atoms with Crippen molar-refractivity contribution in [1.82, 2.24) is 20.9 Å². The lowest BCUT2D eigenvalue weighted by molar-refractivity contribution is -0.134. The molecule has 0 saturated carbocycles. The quantitative estimate of drug-likeness (QED) is 0.215. The summed E-state index contributed by atoms with van der Waals surface area (Å²) >= 11 is 0. The highest BCUT2D eigenvalue weighted by atomic mass is 16.6. The molecule has 4 atom stereocenters. The number of rotatable bonds is 14. The molecular formula is C32H45N5O6. The lowest BCUT2D eigenvalue weighted by Crippen LogP contribution is -2.57. The number of carbonyl (C=O) groups is 4. The van der Waals surface area contributed by atoms with E-state index in [4.69, 9.17) is 9.47 Å². The molecule has 3 fully saturated rings. The molecule has 0 unspecified atom stereocenters. The second kappa shape index (κ2) is 14.0. The fraction of sp³-hybridized carbons (Fsp3) is 0.625. The number of hydrogen-bond acceptors (Lipinski definition) is 8. The number of Topliss-reactive ketones (excluding diaryl/α,β-unsaturated/α-hetero) is 1. The number of morpholine rings is 1. The van der Waals surface area contributed by atoms with Crippen molar-refractivity contribution in [3.63, 3.8) is 0 Å². The predicted octanol–water partition coefficient (Wildman–Crippen LogP) is 1.10. The van der Waals surface area contributed by atoms with Gasteiger partial charge in [-0.1, -0.05) is 23.8 Å². The van der Waals surface area contributed by atoms with E-state index >= 15 is 0 Å². The van der Waals surface area contributed by atoms with Crippen LogP contribution >= 0.6 is 0 Å². The number of anilines is 1. The molecule has 0 bridgehead atoms. The van der Waals surface area contributed by atoms with E-state index in [1.54, 1.807) is 13.8 Å². The maximum absolute atomic E-state index is 13.8. The SMILES string of the molecule is C[C@H](NC(=O)CN1CCOCC1)C(=O)N[C@@H](Cc1ccc(N2CCC2)cc1)C(=O)N[C@@H](CC1=CCCC1)C(=O)[C@@]1(C)CO1. The van der Waals surface area contributed by atoms with Gasteiger partial charge in [-0.3, -0.25) is 24.1 Å². The van der Waals surface area contributed by atoms with Crippen molar-refractivity contribution in [1.29, 1.82) is 0 Å². The van der Waals surface area contributed by atoms with Crippen molar-refractivity contribution >= 4 is 29.2 Å². The smallest absolute Gasteiger partial charge is 0.243 e. The Kier molecular flexibility index (Phi) is 10.1. The van der Waals surface area contributed by atoms with Crippen molar-refractivity contribution in [2.45, 2.75) is 76.1 Å². The van der Waals surface area contributed by atoms with E-state index < -0.39 is 35.5 Å². The summed E-state index contributed by atoms with van der Waals surface area (Å²) in [5, 5.41) is 8.57. The summed E-state index contributed by atoms with van der Waals surface area (Å²) in [6.45, 7) is 8.40. The monoisotopic (exact) mass is 595 g/mol. The van der Waals surface area contributed by atoms with Gasteiger partial charge in [0.1, 0.15) is 17.7 Å². The van der Waals surface area contributed by atoms with Gasteiger partial charge in [0.25, 0.3) is 0 Å². The standard InChI is InChI=1S/C32H45N5O6/c1-22(33-28(38)20-36-14-16-42-17-15-36)30(40)35-27(19-24-8-10-25(11-9-24)37-12-5-13-37)31(41)34-26(18-23-6-3-4-7-23)29(39)32(2)21-43-32/h6,8-11,22,26-27H,3-5,7,12-21H2,1-2H3,(H,33,38)(H,34,41)(H,35,40)/t22-,26-,27-,32+/m0/s1. The first-order chi connectivity index (χ1) is 20.7. The topological polar surface area (TPSA) is 133 Å². The molecule has 0 aromatic heterocycles. The summed E-state index contributed by atoms with van der Waals surface area (Å²) in [4.78, 5) is 57.3. The fourth-order valence-corrected chi connectivity index (χ4v) is 5.76. The summed E-state index contributed by atoms with van der Waals surface area (Å²) in [5.41, 5.74) is 2.28. The third-order valence-electron chi connectivity index (χ3n) is 8.80. The molecule has 3 N–H and O–H groups in total. The van der Waals surface area contributed by atoms with Crippen LogP contribution in [0.15, 0.2) is 35.9 Å². The van der Waals surface area contributed by atoms with Gasteiger partial charge in [-0.2, -0.15) is 0 Å². The Morgan fingerprint density at radius 2 is 1.60 bits per heavy atom. The molecule has 43 heavy (non-hydrogen) atoms. The molecule has 11 nitrogen and oxygen atoms in total. The van der Waals surface area contributed by atoms with Crippen LogP contribution in [0.2, 0.25) is 0 Å². The van der Waals surface area contributed by atoms with Gasteiger partial charge in [-0.15, -0.1) is 0 Å². The molecular weight excluding hydrogens is 550 g/mol. The van der Waals surface area contributed by atoms with Crippen LogP contribution in [0.1, 0.15) is 51.5 Å². The van der Waals surface area contributed by atoms with Gasteiger partial charge in [0.05, 0.1) is 32.4 Å². The first kappa shape index (κ1) is 31.2. The average molecular weight is 596 g/mol. The number of amides is 3. The van der Waals surface area contributed by atoms with E-state index in [0.29, 0.717) is 39.3 Å². The molecule has 3 saturated heterocycles. The van der Waals surface area contributed by atoms with Crippen LogP contribution < -0.4 is 20.9 Å². The highest BCUT2D eigenvalue weighted by Gasteiger charge is 2.50. The Labute approximate surface area is 253 Å². The number of carbonyl (C=O) groups excluding carboxylic acids is 4. The number of epoxide rings is 1. The first-order valence-corrected chi connectivity index (χ1v) is 15.6. The number of benzene rings is 1. The Bertz CT molecular complexity index is 1200. The Morgan fingerprint density at radius 1 is 0.907 bits per heavy atom. The Morgan fingerprint density at radius 3 is 2.21 bits per heavy atom. The maximum Gasteiger partial charge on any atom is 0.243 e. The summed E-state index contributed by atoms with van der Waals surface area (Å²) < 4.78 is 10.8. The molecule has 1 aromatic rings. The second-order valence-corrected chi connectivity index (χ2v) is 12.4. The van der Waals surface area contributed by atoms with Gasteiger partial charge >= 0.3 is 0 Å². The van der Waals surface area contributed by atoms with Gasteiger partial charge in [0, 0.05) is 38.3 Å². The lowest BCUT2D eigenvalue weighted by Gasteiger charge is -2.33. The van der Waals surface area contributed by atoms with Gasteiger partial charge in [-0.05, 0) is 63.6 Å². The molecule has 1 aromatic carbocycles. The Hall–Kier alpha value is -3.28. The second-order valence-electron chi connectivity index (χ2n) is 12.4. The summed E-state index contributed by atoms with van der Waals surface area (Å²) in [6, 6.07) is 5.47. The minimum absolute atomic E-state index is 0.152. The van der Waals surface area contributed by atoms with E-state index in [0.717, 1.165) is 49.2 Å². The largest absolute Gasteiger partial charge is 0.379 e. The molecule has 4 aliphatic rings. The molecule has 5 rings (SSSR count). The van der Waals surface area contributed by atoms with Gasteiger partial charge in [-0.25, -0.2) is 0 Å². The molecule has 3 heterocycles. The van der Waals surface area contributed by atoms with Crippen LogP contribution in [0, 0.1) is 0 Å². The van der Waals surface area contributed by atoms with Gasteiger partial charge in [0.2, 0.25) is 17.7 Å². The first-order valence-electron chi connectivity index (χ1n) is 15.6. The molecule has 1 aliphatic carbocycles. The zero-order valence-electron chi connectivity index (χ0n) is 25.4. The van der Waals surface area contributed by atoms with Crippen LogP contribution in [0.3, 0.4) is 0 Å². The van der Waals surface area contributed by atoms with Crippen molar-refractivity contribution in [3.8, 4) is 0 Å². The lowest BCUT2D eigenvalue weighted by atomic mass is 9.94. The predicted molar refractivity (Wildman–Crippen MR) is 162 cm³/mol.